The van der Waals surface area contributed by atoms with Crippen molar-refractivity contribution in [3.05, 3.63) is 18.2 Å². The molecule has 0 spiro atoms. The summed E-state index contributed by atoms with van der Waals surface area (Å²) in [6, 6.07) is 4.45. The number of hydrogen-bond donors (Lipinski definition) is 2. The summed E-state index contributed by atoms with van der Waals surface area (Å²) in [7, 11) is 0. The van der Waals surface area contributed by atoms with Crippen LogP contribution in [-0.4, -0.2) is 21.3 Å². The number of anilines is 1. The molecule has 1 amide bonds. The summed E-state index contributed by atoms with van der Waals surface area (Å²) in [5, 5.41) is 2.54. The van der Waals surface area contributed by atoms with Crippen LogP contribution in [0.15, 0.2) is 23.1 Å². The van der Waals surface area contributed by atoms with Crippen molar-refractivity contribution in [3.8, 4) is 5.75 Å². The molecule has 0 saturated heterocycles. The maximum absolute atomic E-state index is 10.9. The van der Waals surface area contributed by atoms with Crippen LogP contribution in [0.25, 0.3) is 0 Å². The quantitative estimate of drug-likeness (QED) is 0.788. The van der Waals surface area contributed by atoms with Crippen LogP contribution in [0, 0.1) is 0 Å². The number of amides is 1. The van der Waals surface area contributed by atoms with Crippen molar-refractivity contribution in [3.63, 3.8) is 0 Å². The minimum absolute atomic E-state index is 0.215. The number of carbonyl (C=O) groups is 1. The Morgan fingerprint density at radius 1 is 1.56 bits per heavy atom. The molecule has 0 bridgehead atoms. The second-order valence-electron chi connectivity index (χ2n) is 3.02. The molecule has 1 rings (SSSR count). The summed E-state index contributed by atoms with van der Waals surface area (Å²) in [6.07, 6.45) is 0. The monoisotopic (exact) mass is 243 g/mol. The van der Waals surface area contributed by atoms with Crippen LogP contribution in [0.2, 0.25) is 0 Å². The highest BCUT2D eigenvalue weighted by molar-refractivity contribution is 7.79. The number of hydrogen-bond acceptors (Lipinski definition) is 3. The summed E-state index contributed by atoms with van der Waals surface area (Å²) < 4.78 is 25.1. The van der Waals surface area contributed by atoms with E-state index in [1.54, 1.807) is 6.07 Å². The molecule has 0 heterocycles. The number of carbonyl (C=O) groups excluding carboxylic acids is 1. The highest BCUT2D eigenvalue weighted by Crippen LogP contribution is 2.26. The predicted molar refractivity (Wildman–Crippen MR) is 61.0 cm³/mol. The molecule has 5 nitrogen and oxygen atoms in total. The first-order valence-electron chi connectivity index (χ1n) is 4.70. The van der Waals surface area contributed by atoms with Crippen LogP contribution >= 0.6 is 0 Å². The first-order chi connectivity index (χ1) is 7.54. The van der Waals surface area contributed by atoms with Gasteiger partial charge in [0.1, 0.15) is 5.75 Å². The Balaban J connectivity index is 3.09. The van der Waals surface area contributed by atoms with Gasteiger partial charge in [-0.05, 0) is 25.1 Å². The van der Waals surface area contributed by atoms with Gasteiger partial charge in [-0.3, -0.25) is 4.79 Å². The lowest BCUT2D eigenvalue weighted by atomic mass is 10.3. The van der Waals surface area contributed by atoms with E-state index in [4.69, 9.17) is 9.29 Å². The molecule has 0 saturated carbocycles. The molecule has 0 aliphatic carbocycles. The van der Waals surface area contributed by atoms with E-state index in [-0.39, 0.29) is 10.8 Å². The summed E-state index contributed by atoms with van der Waals surface area (Å²) in [4.78, 5) is 11.2. The van der Waals surface area contributed by atoms with E-state index < -0.39 is 11.1 Å². The third-order valence-corrected chi connectivity index (χ3v) is 2.42. The zero-order chi connectivity index (χ0) is 12.1. The minimum Gasteiger partial charge on any atom is -0.492 e. The second-order valence-corrected chi connectivity index (χ2v) is 3.99. The van der Waals surface area contributed by atoms with Crippen LogP contribution in [-0.2, 0) is 15.9 Å². The first kappa shape index (κ1) is 12.7. The summed E-state index contributed by atoms with van der Waals surface area (Å²) in [6.45, 7) is 3.63. The summed E-state index contributed by atoms with van der Waals surface area (Å²) in [5.74, 6) is 0.216. The fourth-order valence-corrected chi connectivity index (χ4v) is 1.59. The van der Waals surface area contributed by atoms with Gasteiger partial charge in [-0.15, -0.1) is 0 Å². The molecule has 0 radical (unpaired) electrons. The summed E-state index contributed by atoms with van der Waals surface area (Å²) >= 11 is -2.07. The van der Waals surface area contributed by atoms with Crippen molar-refractivity contribution in [2.24, 2.45) is 0 Å². The topological polar surface area (TPSA) is 75.6 Å². The predicted octanol–water partition coefficient (Wildman–Crippen LogP) is 1.62. The van der Waals surface area contributed by atoms with Crippen molar-refractivity contribution in [2.75, 3.05) is 11.9 Å². The molecule has 0 fully saturated rings. The minimum atomic E-state index is -2.07. The van der Waals surface area contributed by atoms with Crippen LogP contribution in [0.3, 0.4) is 0 Å². The van der Waals surface area contributed by atoms with Crippen molar-refractivity contribution < 1.29 is 18.3 Å². The fraction of sp³-hybridized carbons (Fsp3) is 0.300. The average Bonchev–Trinajstić information content (AvgIpc) is 2.19. The van der Waals surface area contributed by atoms with Crippen LogP contribution in [0.5, 0.6) is 5.75 Å². The maximum atomic E-state index is 10.9. The van der Waals surface area contributed by atoms with E-state index in [9.17, 15) is 9.00 Å². The van der Waals surface area contributed by atoms with Gasteiger partial charge in [-0.1, -0.05) is 0 Å². The van der Waals surface area contributed by atoms with Gasteiger partial charge in [0.05, 0.1) is 17.2 Å². The van der Waals surface area contributed by atoms with Crippen molar-refractivity contribution in [1.29, 1.82) is 0 Å². The van der Waals surface area contributed by atoms with Gasteiger partial charge in [-0.2, -0.15) is 0 Å². The van der Waals surface area contributed by atoms with E-state index in [1.807, 2.05) is 6.92 Å². The van der Waals surface area contributed by atoms with Crippen molar-refractivity contribution in [1.82, 2.24) is 0 Å². The van der Waals surface area contributed by atoms with Gasteiger partial charge in [0.25, 0.3) is 0 Å². The highest BCUT2D eigenvalue weighted by Gasteiger charge is 2.09. The molecule has 0 aliphatic heterocycles. The lowest BCUT2D eigenvalue weighted by molar-refractivity contribution is -0.114. The van der Waals surface area contributed by atoms with Gasteiger partial charge in [0.15, 0.2) is 11.1 Å². The number of benzene rings is 1. The fourth-order valence-electron chi connectivity index (χ4n) is 1.19. The van der Waals surface area contributed by atoms with Crippen molar-refractivity contribution in [2.45, 2.75) is 18.7 Å². The van der Waals surface area contributed by atoms with Gasteiger partial charge in [-0.25, -0.2) is 4.21 Å². The molecule has 1 aromatic rings. The largest absolute Gasteiger partial charge is 0.492 e. The Morgan fingerprint density at radius 2 is 2.25 bits per heavy atom. The van der Waals surface area contributed by atoms with E-state index in [1.165, 1.54) is 19.1 Å². The van der Waals surface area contributed by atoms with E-state index in [0.717, 1.165) is 0 Å². The Bertz CT molecular complexity index is 419. The third-order valence-electron chi connectivity index (χ3n) is 1.76. The summed E-state index contributed by atoms with van der Waals surface area (Å²) in [5.41, 5.74) is 0.397. The first-order valence-corrected chi connectivity index (χ1v) is 5.80. The van der Waals surface area contributed by atoms with Gasteiger partial charge >= 0.3 is 0 Å². The Hall–Kier alpha value is -1.40. The average molecular weight is 243 g/mol. The standard InChI is InChI=1S/C10H13NO4S/c1-3-15-10-5-4-8(16(13)14)6-9(10)11-7(2)12/h4-6H,3H2,1-2H3,(H,11,12)(H,13,14). The molecular formula is C10H13NO4S. The zero-order valence-electron chi connectivity index (χ0n) is 9.02. The van der Waals surface area contributed by atoms with Crippen LogP contribution in [0.4, 0.5) is 5.69 Å². The molecular weight excluding hydrogens is 230 g/mol. The zero-order valence-corrected chi connectivity index (χ0v) is 9.84. The Morgan fingerprint density at radius 3 is 2.75 bits per heavy atom. The lowest BCUT2D eigenvalue weighted by Crippen LogP contribution is -2.08. The molecule has 1 atom stereocenters. The number of nitrogens with one attached hydrogen (secondary N) is 1. The Kier molecular flexibility index (Phi) is 4.45. The van der Waals surface area contributed by atoms with Crippen molar-refractivity contribution >= 4 is 22.7 Å². The molecule has 1 aromatic carbocycles. The van der Waals surface area contributed by atoms with E-state index in [0.29, 0.717) is 18.0 Å². The smallest absolute Gasteiger partial charge is 0.221 e. The molecule has 1 unspecified atom stereocenters. The van der Waals surface area contributed by atoms with E-state index >= 15 is 0 Å². The molecule has 88 valence electrons. The van der Waals surface area contributed by atoms with Crippen LogP contribution in [0.1, 0.15) is 13.8 Å². The third kappa shape index (κ3) is 3.32. The van der Waals surface area contributed by atoms with Crippen LogP contribution < -0.4 is 10.1 Å². The molecule has 6 heteroatoms. The van der Waals surface area contributed by atoms with Gasteiger partial charge < -0.3 is 14.6 Å². The number of ether oxygens (including phenoxy) is 1. The molecule has 0 aliphatic rings. The highest BCUT2D eigenvalue weighted by atomic mass is 32.2. The van der Waals surface area contributed by atoms with Gasteiger partial charge in [0, 0.05) is 6.92 Å². The number of rotatable bonds is 4. The maximum Gasteiger partial charge on any atom is 0.221 e. The Labute approximate surface area is 96.1 Å². The molecule has 0 aromatic heterocycles. The molecule has 16 heavy (non-hydrogen) atoms. The molecule has 2 N–H and O–H groups in total. The van der Waals surface area contributed by atoms with E-state index in [2.05, 4.69) is 5.32 Å². The van der Waals surface area contributed by atoms with Gasteiger partial charge in [0.2, 0.25) is 5.91 Å². The normalized spacial score (nSPS) is 11.9. The SMILES string of the molecule is CCOc1ccc(S(=O)O)cc1NC(C)=O. The lowest BCUT2D eigenvalue weighted by Gasteiger charge is -2.11. The second kappa shape index (κ2) is 5.62.